The number of aliphatic carboxylic acids is 1. The summed E-state index contributed by atoms with van der Waals surface area (Å²) in [5, 5.41) is 19.2. The van der Waals surface area contributed by atoms with Gasteiger partial charge in [0, 0.05) is 19.6 Å². The molecule has 1 aromatic rings. The van der Waals surface area contributed by atoms with E-state index in [4.69, 9.17) is 5.11 Å². The molecule has 1 aliphatic heterocycles. The molecule has 98 valence electrons. The van der Waals surface area contributed by atoms with E-state index in [1.54, 1.807) is 0 Å². The molecule has 0 radical (unpaired) electrons. The summed E-state index contributed by atoms with van der Waals surface area (Å²) in [6.45, 7) is 1.85. The van der Waals surface area contributed by atoms with Crippen molar-refractivity contribution < 1.29 is 15.0 Å². The van der Waals surface area contributed by atoms with E-state index >= 15 is 0 Å². The summed E-state index contributed by atoms with van der Waals surface area (Å²) < 4.78 is -1.13. The van der Waals surface area contributed by atoms with E-state index in [0.717, 1.165) is 13.1 Å². The van der Waals surface area contributed by atoms with Gasteiger partial charge in [0.15, 0.2) is 0 Å². The molecule has 0 bridgehead atoms. The summed E-state index contributed by atoms with van der Waals surface area (Å²) in [6, 6.07) is 9.97. The van der Waals surface area contributed by atoms with Gasteiger partial charge in [-0.15, -0.1) is 0 Å². The second-order valence-electron chi connectivity index (χ2n) is 4.68. The Bertz CT molecular complexity index is 422. The van der Waals surface area contributed by atoms with E-state index in [1.807, 2.05) is 52.9 Å². The van der Waals surface area contributed by atoms with E-state index in [0.29, 0.717) is 13.0 Å². The van der Waals surface area contributed by atoms with Crippen LogP contribution < -0.4 is 0 Å². The highest BCUT2D eigenvalue weighted by molar-refractivity contribution is 14.1. The molecule has 1 heterocycles. The summed E-state index contributed by atoms with van der Waals surface area (Å²) in [6.07, 6.45) is 0.483. The average molecular weight is 361 g/mol. The van der Waals surface area contributed by atoms with Crippen LogP contribution in [0.15, 0.2) is 30.3 Å². The first-order chi connectivity index (χ1) is 8.49. The number of carboxylic acids is 1. The summed E-state index contributed by atoms with van der Waals surface area (Å²) in [7, 11) is 0. The summed E-state index contributed by atoms with van der Waals surface area (Å²) >= 11 is 1.86. The van der Waals surface area contributed by atoms with Gasteiger partial charge in [0.1, 0.15) is 9.53 Å². The predicted molar refractivity (Wildman–Crippen MR) is 76.4 cm³/mol. The third-order valence-corrected chi connectivity index (χ3v) is 4.59. The number of likely N-dealkylation sites (tertiary alicyclic amines) is 1. The molecule has 2 N–H and O–H groups in total. The zero-order valence-corrected chi connectivity index (χ0v) is 12.1. The Hall–Kier alpha value is -0.660. The van der Waals surface area contributed by atoms with Gasteiger partial charge in [-0.2, -0.15) is 0 Å². The van der Waals surface area contributed by atoms with Crippen molar-refractivity contribution >= 4 is 28.6 Å². The predicted octanol–water partition coefficient (Wildman–Crippen LogP) is 1.72. The zero-order valence-electron chi connectivity index (χ0n) is 9.92. The molecular weight excluding hydrogens is 345 g/mol. The monoisotopic (exact) mass is 361 g/mol. The molecule has 0 amide bonds. The average Bonchev–Trinajstić information content (AvgIpc) is 2.32. The van der Waals surface area contributed by atoms with Crippen LogP contribution in [-0.2, 0) is 11.3 Å². The smallest absolute Gasteiger partial charge is 0.311 e. The number of carboxylic acid groups (broad SMARTS) is 1. The molecule has 4 nitrogen and oxygen atoms in total. The van der Waals surface area contributed by atoms with Crippen molar-refractivity contribution in [3.05, 3.63) is 35.9 Å². The van der Waals surface area contributed by atoms with Crippen LogP contribution >= 0.6 is 22.6 Å². The normalized spacial score (nSPS) is 29.1. The molecule has 0 aliphatic carbocycles. The highest BCUT2D eigenvalue weighted by atomic mass is 127. The summed E-state index contributed by atoms with van der Waals surface area (Å²) in [5.74, 6) is -1.65. The Morgan fingerprint density at radius 1 is 1.44 bits per heavy atom. The number of hydrogen-bond donors (Lipinski definition) is 2. The van der Waals surface area contributed by atoms with Crippen molar-refractivity contribution in [2.24, 2.45) is 5.92 Å². The number of benzene rings is 1. The number of aliphatic hydroxyl groups is 1. The largest absolute Gasteiger partial charge is 0.481 e. The highest BCUT2D eigenvalue weighted by Gasteiger charge is 2.43. The van der Waals surface area contributed by atoms with Crippen LogP contribution in [0.4, 0.5) is 0 Å². The van der Waals surface area contributed by atoms with Gasteiger partial charge in [0.05, 0.1) is 0 Å². The third kappa shape index (κ3) is 3.21. The Morgan fingerprint density at radius 3 is 2.72 bits per heavy atom. The topological polar surface area (TPSA) is 60.8 Å². The number of rotatable bonds is 3. The Morgan fingerprint density at radius 2 is 2.11 bits per heavy atom. The van der Waals surface area contributed by atoms with Crippen molar-refractivity contribution in [3.8, 4) is 0 Å². The van der Waals surface area contributed by atoms with Crippen LogP contribution in [0.1, 0.15) is 12.0 Å². The first-order valence-corrected chi connectivity index (χ1v) is 6.97. The van der Waals surface area contributed by atoms with E-state index < -0.39 is 15.5 Å². The van der Waals surface area contributed by atoms with Crippen molar-refractivity contribution in [1.82, 2.24) is 4.90 Å². The molecule has 0 spiro atoms. The number of nitrogens with zero attached hydrogens (tertiary/aromatic N) is 1. The molecule has 1 fully saturated rings. The van der Waals surface area contributed by atoms with E-state index in [9.17, 15) is 9.90 Å². The second kappa shape index (κ2) is 5.54. The van der Waals surface area contributed by atoms with Crippen LogP contribution in [0.5, 0.6) is 0 Å². The van der Waals surface area contributed by atoms with E-state index in [2.05, 4.69) is 4.90 Å². The van der Waals surface area contributed by atoms with Crippen molar-refractivity contribution in [3.63, 3.8) is 0 Å². The molecule has 2 rings (SSSR count). The zero-order chi connectivity index (χ0) is 13.2. The lowest BCUT2D eigenvalue weighted by atomic mass is 9.94. The minimum absolute atomic E-state index is 0.393. The fraction of sp³-hybridized carbons (Fsp3) is 0.462. The van der Waals surface area contributed by atoms with E-state index in [-0.39, 0.29) is 0 Å². The lowest BCUT2D eigenvalue weighted by Gasteiger charge is -2.39. The van der Waals surface area contributed by atoms with Gasteiger partial charge in [-0.1, -0.05) is 30.3 Å². The molecule has 5 heteroatoms. The maximum absolute atomic E-state index is 11.2. The van der Waals surface area contributed by atoms with Gasteiger partial charge in [-0.05, 0) is 34.6 Å². The molecule has 1 saturated heterocycles. The van der Waals surface area contributed by atoms with Crippen molar-refractivity contribution in [2.75, 3.05) is 13.1 Å². The van der Waals surface area contributed by atoms with Crippen LogP contribution in [0, 0.1) is 5.92 Å². The van der Waals surface area contributed by atoms with Crippen LogP contribution in [-0.4, -0.2) is 37.8 Å². The van der Waals surface area contributed by atoms with Crippen LogP contribution in [0.25, 0.3) is 0 Å². The first kappa shape index (κ1) is 13.8. The van der Waals surface area contributed by atoms with Crippen molar-refractivity contribution in [2.45, 2.75) is 16.6 Å². The summed E-state index contributed by atoms with van der Waals surface area (Å²) in [5.41, 5.74) is 1.17. The first-order valence-electron chi connectivity index (χ1n) is 5.89. The SMILES string of the molecule is O=C(O)[C@H]1CN(Cc2ccccc2)CC[C@]1(O)I. The second-order valence-corrected chi connectivity index (χ2v) is 6.55. The molecular formula is C13H16INO3. The molecule has 0 aromatic heterocycles. The quantitative estimate of drug-likeness (QED) is 0.636. The van der Waals surface area contributed by atoms with Gasteiger partial charge in [0.2, 0.25) is 0 Å². The van der Waals surface area contributed by atoms with Crippen LogP contribution in [0.2, 0.25) is 0 Å². The molecule has 0 saturated carbocycles. The lowest BCUT2D eigenvalue weighted by molar-refractivity contribution is -0.150. The number of alkyl halides is 1. The molecule has 1 aliphatic rings. The third-order valence-electron chi connectivity index (χ3n) is 3.30. The fourth-order valence-electron chi connectivity index (χ4n) is 2.23. The molecule has 2 atom stereocenters. The van der Waals surface area contributed by atoms with Crippen LogP contribution in [0.3, 0.4) is 0 Å². The maximum atomic E-state index is 11.2. The maximum Gasteiger partial charge on any atom is 0.311 e. The minimum atomic E-state index is -1.13. The van der Waals surface area contributed by atoms with Crippen molar-refractivity contribution in [1.29, 1.82) is 0 Å². The van der Waals surface area contributed by atoms with Gasteiger partial charge >= 0.3 is 5.97 Å². The number of halogens is 1. The molecule has 0 unspecified atom stereocenters. The lowest BCUT2D eigenvalue weighted by Crippen LogP contribution is -2.51. The van der Waals surface area contributed by atoms with Gasteiger partial charge in [0.25, 0.3) is 0 Å². The van der Waals surface area contributed by atoms with E-state index in [1.165, 1.54) is 5.56 Å². The Balaban J connectivity index is 2.03. The number of carbonyl (C=O) groups is 1. The van der Waals surface area contributed by atoms with Gasteiger partial charge in [-0.25, -0.2) is 0 Å². The number of piperidine rings is 1. The summed E-state index contributed by atoms with van der Waals surface area (Å²) in [4.78, 5) is 13.3. The number of hydrogen-bond acceptors (Lipinski definition) is 3. The Labute approximate surface area is 120 Å². The standard InChI is InChI=1S/C13H16INO3/c14-13(18)6-7-15(9-11(13)12(16)17)8-10-4-2-1-3-5-10/h1-5,11,18H,6-9H2,(H,16,17)/t11-,13-/m1/s1. The molecule has 1 aromatic carbocycles. The van der Waals surface area contributed by atoms with Gasteiger partial charge in [-0.3, -0.25) is 9.69 Å². The Kier molecular flexibility index (Phi) is 4.24. The highest BCUT2D eigenvalue weighted by Crippen LogP contribution is 2.34. The minimum Gasteiger partial charge on any atom is -0.481 e. The fourth-order valence-corrected chi connectivity index (χ4v) is 2.94. The van der Waals surface area contributed by atoms with Gasteiger partial charge < -0.3 is 10.2 Å². The molecule has 18 heavy (non-hydrogen) atoms.